The summed E-state index contributed by atoms with van der Waals surface area (Å²) in [4.78, 5) is 1.22. The summed E-state index contributed by atoms with van der Waals surface area (Å²) >= 11 is 5.84. The molecule has 0 saturated carbocycles. The molecule has 0 bridgehead atoms. The summed E-state index contributed by atoms with van der Waals surface area (Å²) in [6.07, 6.45) is -4.57. The van der Waals surface area contributed by atoms with Crippen molar-refractivity contribution in [3.8, 4) is 0 Å². The first-order chi connectivity index (χ1) is 9.32. The minimum Gasteiger partial charge on any atom is -0.314 e. The monoisotopic (exact) mass is 382 g/mol. The lowest BCUT2D eigenvalue weighted by molar-refractivity contribution is -0.188. The Kier molecular flexibility index (Phi) is 8.44. The summed E-state index contributed by atoms with van der Waals surface area (Å²) in [7, 11) is 0. The van der Waals surface area contributed by atoms with Gasteiger partial charge in [-0.3, -0.25) is 4.90 Å². The Labute approximate surface area is 144 Å². The maximum Gasteiger partial charge on any atom is 0.408 e. The second-order valence-corrected chi connectivity index (χ2v) is 5.23. The Morgan fingerprint density at radius 3 is 2.23 bits per heavy atom. The molecule has 0 aliphatic carbocycles. The lowest BCUT2D eigenvalue weighted by Gasteiger charge is -2.36. The second-order valence-electron chi connectivity index (χ2n) is 4.82. The summed E-state index contributed by atoms with van der Waals surface area (Å²) < 4.78 is 54.4. The summed E-state index contributed by atoms with van der Waals surface area (Å²) in [6.45, 7) is 2.72. The molecule has 1 atom stereocenters. The third-order valence-electron chi connectivity index (χ3n) is 3.42. The number of nitrogens with zero attached hydrogens (tertiary/aromatic N) is 1. The molecular weight excluding hydrogens is 367 g/mol. The fourth-order valence-electron chi connectivity index (χ4n) is 2.42. The molecule has 0 unspecified atom stereocenters. The van der Waals surface area contributed by atoms with Crippen LogP contribution in [0.5, 0.6) is 0 Å². The lowest BCUT2D eigenvalue weighted by Crippen LogP contribution is -2.49. The quantitative estimate of drug-likeness (QED) is 0.772. The van der Waals surface area contributed by atoms with E-state index < -0.39 is 23.6 Å². The van der Waals surface area contributed by atoms with Crippen LogP contribution in [0.2, 0.25) is 5.02 Å². The topological polar surface area (TPSA) is 15.3 Å². The van der Waals surface area contributed by atoms with Crippen molar-refractivity contribution in [3.63, 3.8) is 0 Å². The van der Waals surface area contributed by atoms with Gasteiger partial charge in [0.25, 0.3) is 0 Å². The van der Waals surface area contributed by atoms with Gasteiger partial charge in [0, 0.05) is 36.8 Å². The lowest BCUT2D eigenvalue weighted by atomic mass is 10.0. The van der Waals surface area contributed by atoms with Crippen LogP contribution in [0.4, 0.5) is 17.6 Å². The highest BCUT2D eigenvalue weighted by atomic mass is 35.5. The fourth-order valence-corrected chi connectivity index (χ4v) is 2.67. The summed E-state index contributed by atoms with van der Waals surface area (Å²) in [5.41, 5.74) is -0.310. The van der Waals surface area contributed by atoms with E-state index >= 15 is 0 Å². The predicted molar refractivity (Wildman–Crippen MR) is 83.9 cm³/mol. The highest BCUT2D eigenvalue weighted by Gasteiger charge is 2.47. The number of halogens is 7. The van der Waals surface area contributed by atoms with Crippen LogP contribution < -0.4 is 5.32 Å². The van der Waals surface area contributed by atoms with E-state index in [2.05, 4.69) is 5.32 Å². The molecule has 1 aromatic carbocycles. The molecule has 1 aliphatic heterocycles. The molecule has 1 heterocycles. The number of nitrogens with one attached hydrogen (secondary N) is 1. The van der Waals surface area contributed by atoms with Crippen molar-refractivity contribution in [1.29, 1.82) is 0 Å². The van der Waals surface area contributed by atoms with Gasteiger partial charge in [0.15, 0.2) is 0 Å². The molecule has 1 fully saturated rings. The summed E-state index contributed by atoms with van der Waals surface area (Å²) in [6, 6.07) is 0.694. The van der Waals surface area contributed by atoms with Crippen LogP contribution in [0.1, 0.15) is 17.2 Å². The van der Waals surface area contributed by atoms with Crippen molar-refractivity contribution >= 4 is 36.4 Å². The van der Waals surface area contributed by atoms with Crippen molar-refractivity contribution in [2.24, 2.45) is 0 Å². The molecule has 0 radical (unpaired) electrons. The molecule has 128 valence electrons. The van der Waals surface area contributed by atoms with Gasteiger partial charge in [-0.25, -0.2) is 4.39 Å². The van der Waals surface area contributed by atoms with E-state index in [1.807, 2.05) is 0 Å². The molecule has 9 heteroatoms. The molecule has 1 aromatic rings. The Morgan fingerprint density at radius 1 is 1.18 bits per heavy atom. The standard InChI is InChI=1S/C13H15ClF4N2.2ClH/c1-8-2-3-9(14)10(11(8)15)12(13(16,17)18)20-6-4-19-5-7-20;;/h2-3,12,19H,4-7H2,1H3;2*1H/t12-;;/m0../s1. The van der Waals surface area contributed by atoms with E-state index in [1.54, 1.807) is 0 Å². The summed E-state index contributed by atoms with van der Waals surface area (Å²) in [5.74, 6) is -0.877. The fraction of sp³-hybridized carbons (Fsp3) is 0.538. The molecule has 0 amide bonds. The van der Waals surface area contributed by atoms with Crippen LogP contribution in [-0.4, -0.2) is 37.3 Å². The van der Waals surface area contributed by atoms with E-state index in [4.69, 9.17) is 11.6 Å². The molecule has 0 aromatic heterocycles. The zero-order valence-electron chi connectivity index (χ0n) is 11.7. The SMILES string of the molecule is Cc1ccc(Cl)c([C@H](N2CCNCC2)C(F)(F)F)c1F.Cl.Cl. The smallest absolute Gasteiger partial charge is 0.314 e. The molecule has 1 saturated heterocycles. The van der Waals surface area contributed by atoms with Crippen LogP contribution in [0.15, 0.2) is 12.1 Å². The highest BCUT2D eigenvalue weighted by Crippen LogP contribution is 2.42. The van der Waals surface area contributed by atoms with E-state index in [0.29, 0.717) is 13.1 Å². The average molecular weight is 384 g/mol. The third kappa shape index (κ3) is 4.61. The third-order valence-corrected chi connectivity index (χ3v) is 3.75. The number of benzene rings is 1. The van der Waals surface area contributed by atoms with Crippen molar-refractivity contribution in [3.05, 3.63) is 34.1 Å². The number of hydrogen-bond donors (Lipinski definition) is 1. The van der Waals surface area contributed by atoms with Gasteiger partial charge < -0.3 is 5.32 Å². The van der Waals surface area contributed by atoms with Crippen LogP contribution in [0.25, 0.3) is 0 Å². The van der Waals surface area contributed by atoms with Crippen molar-refractivity contribution < 1.29 is 17.6 Å². The van der Waals surface area contributed by atoms with Gasteiger partial charge >= 0.3 is 6.18 Å². The normalized spacial score (nSPS) is 17.4. The molecule has 1 aliphatic rings. The molecule has 2 rings (SSSR count). The molecule has 22 heavy (non-hydrogen) atoms. The Bertz CT molecular complexity index is 491. The largest absolute Gasteiger partial charge is 0.408 e. The van der Waals surface area contributed by atoms with Gasteiger partial charge in [-0.05, 0) is 18.6 Å². The van der Waals surface area contributed by atoms with Gasteiger partial charge in [0.05, 0.1) is 0 Å². The van der Waals surface area contributed by atoms with E-state index in [-0.39, 0.29) is 48.5 Å². The van der Waals surface area contributed by atoms with Gasteiger partial charge in [-0.1, -0.05) is 17.7 Å². The number of hydrogen-bond acceptors (Lipinski definition) is 2. The number of aryl methyl sites for hydroxylation is 1. The van der Waals surface area contributed by atoms with Gasteiger partial charge in [-0.2, -0.15) is 13.2 Å². The van der Waals surface area contributed by atoms with Gasteiger partial charge in [0.2, 0.25) is 0 Å². The summed E-state index contributed by atoms with van der Waals surface area (Å²) in [5, 5.41) is 2.79. The zero-order valence-corrected chi connectivity index (χ0v) is 14.1. The number of alkyl halides is 3. The minimum atomic E-state index is -4.57. The first kappa shape index (κ1) is 21.7. The minimum absolute atomic E-state index is 0. The van der Waals surface area contributed by atoms with E-state index in [1.165, 1.54) is 24.0 Å². The molecule has 2 nitrogen and oxygen atoms in total. The zero-order chi connectivity index (χ0) is 14.9. The van der Waals surface area contributed by atoms with Gasteiger partial charge in [-0.15, -0.1) is 24.8 Å². The number of rotatable bonds is 2. The van der Waals surface area contributed by atoms with Crippen molar-refractivity contribution in [2.75, 3.05) is 26.2 Å². The first-order valence-electron chi connectivity index (χ1n) is 6.28. The maximum atomic E-state index is 14.2. The van der Waals surface area contributed by atoms with Crippen LogP contribution >= 0.6 is 36.4 Å². The van der Waals surface area contributed by atoms with Crippen molar-refractivity contribution in [2.45, 2.75) is 19.1 Å². The number of piperazine rings is 1. The molecular formula is C13H17Cl3F4N2. The van der Waals surface area contributed by atoms with Gasteiger partial charge in [0.1, 0.15) is 11.9 Å². The molecule has 1 N–H and O–H groups in total. The van der Waals surface area contributed by atoms with E-state index in [9.17, 15) is 17.6 Å². The maximum absolute atomic E-state index is 14.2. The average Bonchev–Trinajstić information content (AvgIpc) is 2.39. The second kappa shape index (κ2) is 8.55. The van der Waals surface area contributed by atoms with Crippen molar-refractivity contribution in [1.82, 2.24) is 10.2 Å². The highest BCUT2D eigenvalue weighted by molar-refractivity contribution is 6.31. The van der Waals surface area contributed by atoms with Crippen LogP contribution in [-0.2, 0) is 0 Å². The Hall–Kier alpha value is -0.270. The Morgan fingerprint density at radius 2 is 1.73 bits per heavy atom. The Balaban J connectivity index is 0.00000220. The van der Waals surface area contributed by atoms with E-state index in [0.717, 1.165) is 0 Å². The van der Waals surface area contributed by atoms with Crippen LogP contribution in [0, 0.1) is 12.7 Å². The first-order valence-corrected chi connectivity index (χ1v) is 6.66. The van der Waals surface area contributed by atoms with Crippen LogP contribution in [0.3, 0.4) is 0 Å². The predicted octanol–water partition coefficient (Wildman–Crippen LogP) is 4.14. The molecule has 0 spiro atoms.